The molecule has 0 atom stereocenters. The fourth-order valence-electron chi connectivity index (χ4n) is 1.23. The molecule has 1 heterocycles. The Morgan fingerprint density at radius 3 is 2.62 bits per heavy atom. The molecule has 0 radical (unpaired) electrons. The maximum Gasteiger partial charge on any atom is 0.0273 e. The Kier molecular flexibility index (Phi) is 3.97. The average molecular weight is 173 g/mol. The van der Waals surface area contributed by atoms with E-state index in [1.165, 1.54) is 11.1 Å². The van der Waals surface area contributed by atoms with Crippen LogP contribution >= 0.6 is 0 Å². The average Bonchev–Trinajstić information content (AvgIpc) is 2.19. The summed E-state index contributed by atoms with van der Waals surface area (Å²) in [6.07, 6.45) is 11.1. The van der Waals surface area contributed by atoms with Crippen LogP contribution in [0.15, 0.2) is 42.8 Å². The number of allylic oxidation sites excluding steroid dienone is 4. The van der Waals surface area contributed by atoms with Crippen molar-refractivity contribution in [1.29, 1.82) is 0 Å². The lowest BCUT2D eigenvalue weighted by Gasteiger charge is -2.00. The lowest BCUT2D eigenvalue weighted by Crippen LogP contribution is -1.81. The minimum atomic E-state index is 1.06. The molecule has 0 aliphatic rings. The number of nitrogens with zero attached hydrogens (tertiary/aromatic N) is 1. The lowest BCUT2D eigenvalue weighted by atomic mass is 10.1. The van der Waals surface area contributed by atoms with E-state index in [2.05, 4.69) is 30.1 Å². The topological polar surface area (TPSA) is 12.9 Å². The van der Waals surface area contributed by atoms with Gasteiger partial charge in [-0.25, -0.2) is 0 Å². The number of rotatable bonds is 3. The molecule has 0 aliphatic heterocycles. The van der Waals surface area contributed by atoms with E-state index in [1.807, 2.05) is 31.5 Å². The first kappa shape index (κ1) is 9.72. The molecule has 1 aromatic rings. The predicted molar refractivity (Wildman–Crippen MR) is 57.3 cm³/mol. The van der Waals surface area contributed by atoms with Crippen molar-refractivity contribution < 1.29 is 0 Å². The molecule has 1 heteroatoms. The smallest absolute Gasteiger partial charge is 0.0273 e. The summed E-state index contributed by atoms with van der Waals surface area (Å²) in [6.45, 7) is 4.18. The van der Waals surface area contributed by atoms with Crippen molar-refractivity contribution >= 4 is 5.57 Å². The van der Waals surface area contributed by atoms with E-state index in [1.54, 1.807) is 0 Å². The minimum absolute atomic E-state index is 1.06. The minimum Gasteiger partial charge on any atom is -0.265 e. The second-order valence-electron chi connectivity index (χ2n) is 2.80. The Labute approximate surface area is 79.8 Å². The molecule has 0 aromatic carbocycles. The maximum atomic E-state index is 4.00. The quantitative estimate of drug-likeness (QED) is 0.638. The number of pyridine rings is 1. The van der Waals surface area contributed by atoms with E-state index in [0.29, 0.717) is 0 Å². The zero-order chi connectivity index (χ0) is 9.52. The third-order valence-corrected chi connectivity index (χ3v) is 1.78. The first-order valence-electron chi connectivity index (χ1n) is 4.61. The standard InChI is InChI=1S/C12H15N/c1-3-5-11(6-4-2)12-7-9-13-10-8-12/h3,5-10H,4H2,1-2H3/b5-3+,11-6-. The second kappa shape index (κ2) is 5.31. The van der Waals surface area contributed by atoms with Crippen LogP contribution in [0.4, 0.5) is 0 Å². The zero-order valence-corrected chi connectivity index (χ0v) is 8.20. The van der Waals surface area contributed by atoms with Gasteiger partial charge in [0.2, 0.25) is 0 Å². The van der Waals surface area contributed by atoms with E-state index < -0.39 is 0 Å². The summed E-state index contributed by atoms with van der Waals surface area (Å²) in [7, 11) is 0. The van der Waals surface area contributed by atoms with Crippen molar-refractivity contribution in [2.45, 2.75) is 20.3 Å². The summed E-state index contributed by atoms with van der Waals surface area (Å²) >= 11 is 0. The molecule has 0 N–H and O–H groups in total. The van der Waals surface area contributed by atoms with Crippen molar-refractivity contribution in [2.24, 2.45) is 0 Å². The van der Waals surface area contributed by atoms with E-state index >= 15 is 0 Å². The summed E-state index contributed by atoms with van der Waals surface area (Å²) in [5.74, 6) is 0. The normalized spacial score (nSPS) is 12.3. The van der Waals surface area contributed by atoms with Crippen LogP contribution in [-0.4, -0.2) is 4.98 Å². The molecule has 1 nitrogen and oxygen atoms in total. The Bertz CT molecular complexity index is 296. The van der Waals surface area contributed by atoms with Gasteiger partial charge in [0.05, 0.1) is 0 Å². The summed E-state index contributed by atoms with van der Waals surface area (Å²) < 4.78 is 0. The Morgan fingerprint density at radius 2 is 2.08 bits per heavy atom. The molecule has 0 aliphatic carbocycles. The van der Waals surface area contributed by atoms with Gasteiger partial charge in [0.1, 0.15) is 0 Å². The van der Waals surface area contributed by atoms with Crippen LogP contribution < -0.4 is 0 Å². The van der Waals surface area contributed by atoms with Crippen LogP contribution in [-0.2, 0) is 0 Å². The first-order chi connectivity index (χ1) is 6.38. The van der Waals surface area contributed by atoms with Crippen molar-refractivity contribution in [2.75, 3.05) is 0 Å². The monoisotopic (exact) mass is 173 g/mol. The highest BCUT2D eigenvalue weighted by molar-refractivity contribution is 5.73. The molecule has 0 amide bonds. The van der Waals surface area contributed by atoms with Crippen molar-refractivity contribution in [1.82, 2.24) is 4.98 Å². The van der Waals surface area contributed by atoms with Crippen LogP contribution in [0.5, 0.6) is 0 Å². The van der Waals surface area contributed by atoms with Crippen LogP contribution in [0.25, 0.3) is 5.57 Å². The van der Waals surface area contributed by atoms with Crippen molar-refractivity contribution in [3.63, 3.8) is 0 Å². The van der Waals surface area contributed by atoms with Gasteiger partial charge in [-0.15, -0.1) is 0 Å². The molecule has 0 bridgehead atoms. The van der Waals surface area contributed by atoms with Crippen molar-refractivity contribution in [3.8, 4) is 0 Å². The third-order valence-electron chi connectivity index (χ3n) is 1.78. The summed E-state index contributed by atoms with van der Waals surface area (Å²) in [5, 5.41) is 0. The third kappa shape index (κ3) is 2.86. The molecule has 0 unspecified atom stereocenters. The number of aromatic nitrogens is 1. The molecule has 68 valence electrons. The largest absolute Gasteiger partial charge is 0.265 e. The fourth-order valence-corrected chi connectivity index (χ4v) is 1.23. The summed E-state index contributed by atoms with van der Waals surface area (Å²) in [5.41, 5.74) is 2.50. The van der Waals surface area contributed by atoms with Gasteiger partial charge in [-0.2, -0.15) is 0 Å². The summed E-state index contributed by atoms with van der Waals surface area (Å²) in [6, 6.07) is 4.06. The van der Waals surface area contributed by atoms with Gasteiger partial charge in [-0.05, 0) is 36.6 Å². The van der Waals surface area contributed by atoms with Gasteiger partial charge >= 0.3 is 0 Å². The van der Waals surface area contributed by atoms with Gasteiger partial charge in [0, 0.05) is 12.4 Å². The van der Waals surface area contributed by atoms with Gasteiger partial charge < -0.3 is 0 Å². The molecular formula is C12H15N. The first-order valence-corrected chi connectivity index (χ1v) is 4.61. The molecule has 1 rings (SSSR count). The SMILES string of the molecule is C/C=C/C(=C/CC)c1ccncc1. The Morgan fingerprint density at radius 1 is 1.38 bits per heavy atom. The number of hydrogen-bond donors (Lipinski definition) is 0. The molecule has 13 heavy (non-hydrogen) atoms. The van der Waals surface area contributed by atoms with E-state index in [0.717, 1.165) is 6.42 Å². The number of hydrogen-bond acceptors (Lipinski definition) is 1. The van der Waals surface area contributed by atoms with Gasteiger partial charge in [0.25, 0.3) is 0 Å². The van der Waals surface area contributed by atoms with E-state index in [9.17, 15) is 0 Å². The highest BCUT2D eigenvalue weighted by Gasteiger charge is 1.94. The van der Waals surface area contributed by atoms with Gasteiger partial charge in [0.15, 0.2) is 0 Å². The maximum absolute atomic E-state index is 4.00. The van der Waals surface area contributed by atoms with Crippen LogP contribution in [0.1, 0.15) is 25.8 Å². The fraction of sp³-hybridized carbons (Fsp3) is 0.250. The van der Waals surface area contributed by atoms with Crippen LogP contribution in [0.3, 0.4) is 0 Å². The van der Waals surface area contributed by atoms with Crippen LogP contribution in [0.2, 0.25) is 0 Å². The predicted octanol–water partition coefficient (Wildman–Crippen LogP) is 3.45. The summed E-state index contributed by atoms with van der Waals surface area (Å²) in [4.78, 5) is 4.00. The molecule has 0 fully saturated rings. The van der Waals surface area contributed by atoms with Crippen molar-refractivity contribution in [3.05, 3.63) is 48.3 Å². The molecule has 0 saturated carbocycles. The van der Waals surface area contributed by atoms with Crippen LogP contribution in [0, 0.1) is 0 Å². The lowest BCUT2D eigenvalue weighted by molar-refractivity contribution is 1.22. The van der Waals surface area contributed by atoms with E-state index in [-0.39, 0.29) is 0 Å². The molecule has 0 saturated heterocycles. The Balaban J connectivity index is 2.96. The highest BCUT2D eigenvalue weighted by atomic mass is 14.6. The second-order valence-corrected chi connectivity index (χ2v) is 2.80. The van der Waals surface area contributed by atoms with Gasteiger partial charge in [-0.1, -0.05) is 25.2 Å². The van der Waals surface area contributed by atoms with Gasteiger partial charge in [-0.3, -0.25) is 4.98 Å². The molecular weight excluding hydrogens is 158 g/mol. The molecule has 0 spiro atoms. The molecule has 1 aromatic heterocycles. The highest BCUT2D eigenvalue weighted by Crippen LogP contribution is 2.15. The zero-order valence-electron chi connectivity index (χ0n) is 8.20. The van der Waals surface area contributed by atoms with E-state index in [4.69, 9.17) is 0 Å². The Hall–Kier alpha value is -1.37.